The van der Waals surface area contributed by atoms with Crippen molar-refractivity contribution in [3.8, 4) is 44.8 Å². The summed E-state index contributed by atoms with van der Waals surface area (Å²) in [6.45, 7) is 0. The fourth-order valence-electron chi connectivity index (χ4n) is 9.47. The minimum Gasteiger partial charge on any atom is -0.309 e. The highest BCUT2D eigenvalue weighted by atomic mass is 15.0. The first kappa shape index (κ1) is 30.3. The van der Waals surface area contributed by atoms with Crippen LogP contribution in [0.4, 0.5) is 0 Å². The lowest BCUT2D eigenvalue weighted by molar-refractivity contribution is 1.18. The van der Waals surface area contributed by atoms with Gasteiger partial charge in [0, 0.05) is 32.6 Å². The van der Waals surface area contributed by atoms with Crippen LogP contribution in [0.5, 0.6) is 0 Å². The van der Waals surface area contributed by atoms with Crippen LogP contribution in [0.25, 0.3) is 99.1 Å². The Kier molecular flexibility index (Phi) is 6.43. The summed E-state index contributed by atoms with van der Waals surface area (Å²) < 4.78 is 4.87. The molecular formula is C53H34N2. The molecule has 0 bridgehead atoms. The second-order valence-electron chi connectivity index (χ2n) is 14.9. The molecule has 0 saturated heterocycles. The number of para-hydroxylation sites is 3. The lowest BCUT2D eigenvalue weighted by Gasteiger charge is -2.15. The first-order valence-corrected chi connectivity index (χ1v) is 19.1. The second kappa shape index (κ2) is 11.7. The predicted molar refractivity (Wildman–Crippen MR) is 232 cm³/mol. The number of benzene rings is 9. The second-order valence-corrected chi connectivity index (χ2v) is 14.9. The molecule has 11 aromatic rings. The number of nitrogens with zero attached hydrogens (tertiary/aromatic N) is 2. The monoisotopic (exact) mass is 698 g/mol. The van der Waals surface area contributed by atoms with E-state index in [0.717, 1.165) is 6.42 Å². The molecule has 0 atom stereocenters. The van der Waals surface area contributed by atoms with Gasteiger partial charge in [-0.3, -0.25) is 0 Å². The van der Waals surface area contributed by atoms with Gasteiger partial charge in [-0.05, 0) is 105 Å². The lowest BCUT2D eigenvalue weighted by Crippen LogP contribution is -1.96. The molecule has 0 fully saturated rings. The number of hydrogen-bond donors (Lipinski definition) is 0. The number of rotatable bonds is 4. The molecule has 12 rings (SSSR count). The molecule has 9 aromatic carbocycles. The molecule has 1 aliphatic carbocycles. The van der Waals surface area contributed by atoms with Crippen LogP contribution < -0.4 is 0 Å². The Morgan fingerprint density at radius 1 is 0.291 bits per heavy atom. The fraction of sp³-hybridized carbons (Fsp3) is 0.0189. The Hall–Kier alpha value is -7.16. The summed E-state index contributed by atoms with van der Waals surface area (Å²) in [7, 11) is 0. The molecule has 0 spiro atoms. The quantitative estimate of drug-likeness (QED) is 0.173. The highest BCUT2D eigenvalue weighted by molar-refractivity contribution is 6.13. The van der Waals surface area contributed by atoms with Gasteiger partial charge >= 0.3 is 0 Å². The van der Waals surface area contributed by atoms with Crippen LogP contribution in [0.1, 0.15) is 11.1 Å². The van der Waals surface area contributed by atoms with Gasteiger partial charge in [0.25, 0.3) is 0 Å². The van der Waals surface area contributed by atoms with Gasteiger partial charge in [-0.25, -0.2) is 0 Å². The summed E-state index contributed by atoms with van der Waals surface area (Å²) >= 11 is 0. The van der Waals surface area contributed by atoms with Crippen molar-refractivity contribution in [2.75, 3.05) is 0 Å². The molecule has 0 saturated carbocycles. The van der Waals surface area contributed by atoms with Crippen molar-refractivity contribution in [1.82, 2.24) is 9.13 Å². The van der Waals surface area contributed by atoms with Gasteiger partial charge in [0.1, 0.15) is 0 Å². The van der Waals surface area contributed by atoms with E-state index < -0.39 is 0 Å². The van der Waals surface area contributed by atoms with Crippen LogP contribution in [0.2, 0.25) is 0 Å². The Balaban J connectivity index is 1.04. The van der Waals surface area contributed by atoms with E-state index >= 15 is 0 Å². The van der Waals surface area contributed by atoms with Crippen molar-refractivity contribution in [2.24, 2.45) is 0 Å². The highest BCUT2D eigenvalue weighted by Crippen LogP contribution is 2.42. The van der Waals surface area contributed by atoms with Crippen LogP contribution in [-0.2, 0) is 6.42 Å². The summed E-state index contributed by atoms with van der Waals surface area (Å²) in [5, 5.41) is 7.54. The Morgan fingerprint density at radius 2 is 0.891 bits per heavy atom. The van der Waals surface area contributed by atoms with Crippen LogP contribution >= 0.6 is 0 Å². The molecule has 256 valence electrons. The van der Waals surface area contributed by atoms with Crippen LogP contribution in [0, 0.1) is 0 Å². The average molecular weight is 699 g/mol. The molecule has 0 unspecified atom stereocenters. The fourth-order valence-corrected chi connectivity index (χ4v) is 9.47. The SMILES string of the molecule is c1ccc(-n2c3ccccc3c3cc(-c4ccc5c6ccccc6n(-c6cccc7c(-c8ccc9c(c8)Cc8ccccc8-9)cccc67)c5c4)ccc32)cc1. The number of aromatic nitrogens is 2. The van der Waals surface area contributed by atoms with Gasteiger partial charge < -0.3 is 9.13 Å². The average Bonchev–Trinajstić information content (AvgIpc) is 3.90. The van der Waals surface area contributed by atoms with E-state index in [1.807, 2.05) is 0 Å². The van der Waals surface area contributed by atoms with E-state index in [1.54, 1.807) is 0 Å². The van der Waals surface area contributed by atoms with E-state index in [9.17, 15) is 0 Å². The summed E-state index contributed by atoms with van der Waals surface area (Å²) in [4.78, 5) is 0. The number of hydrogen-bond acceptors (Lipinski definition) is 0. The summed E-state index contributed by atoms with van der Waals surface area (Å²) in [6.07, 6.45) is 0.987. The maximum Gasteiger partial charge on any atom is 0.0547 e. The first-order chi connectivity index (χ1) is 27.3. The maximum absolute atomic E-state index is 2.49. The van der Waals surface area contributed by atoms with E-state index in [-0.39, 0.29) is 0 Å². The maximum atomic E-state index is 2.49. The Morgan fingerprint density at radius 3 is 1.78 bits per heavy atom. The van der Waals surface area contributed by atoms with Crippen molar-refractivity contribution in [3.63, 3.8) is 0 Å². The van der Waals surface area contributed by atoms with Gasteiger partial charge in [0.15, 0.2) is 0 Å². The predicted octanol–water partition coefficient (Wildman–Crippen LogP) is 13.9. The van der Waals surface area contributed by atoms with Crippen molar-refractivity contribution in [1.29, 1.82) is 0 Å². The van der Waals surface area contributed by atoms with E-state index in [2.05, 4.69) is 203 Å². The van der Waals surface area contributed by atoms with E-state index in [4.69, 9.17) is 0 Å². The van der Waals surface area contributed by atoms with Crippen LogP contribution in [-0.4, -0.2) is 9.13 Å². The summed E-state index contributed by atoms with van der Waals surface area (Å²) in [5.74, 6) is 0. The van der Waals surface area contributed by atoms with Gasteiger partial charge in [0.2, 0.25) is 0 Å². The minimum atomic E-state index is 0.987. The zero-order chi connectivity index (χ0) is 36.0. The third kappa shape index (κ3) is 4.49. The van der Waals surface area contributed by atoms with Crippen molar-refractivity contribution in [2.45, 2.75) is 6.42 Å². The Bertz CT molecular complexity index is 3340. The molecule has 0 N–H and O–H groups in total. The number of fused-ring (bicyclic) bond motifs is 10. The van der Waals surface area contributed by atoms with Crippen molar-refractivity contribution >= 4 is 54.4 Å². The van der Waals surface area contributed by atoms with Gasteiger partial charge in [0.05, 0.1) is 27.8 Å². The molecule has 0 radical (unpaired) electrons. The molecule has 0 aliphatic heterocycles. The Labute approximate surface area is 318 Å². The van der Waals surface area contributed by atoms with E-state index in [0.29, 0.717) is 0 Å². The topological polar surface area (TPSA) is 9.86 Å². The van der Waals surface area contributed by atoms with Gasteiger partial charge in [-0.15, -0.1) is 0 Å². The first-order valence-electron chi connectivity index (χ1n) is 19.1. The normalized spacial score (nSPS) is 12.3. The largest absolute Gasteiger partial charge is 0.309 e. The van der Waals surface area contributed by atoms with Gasteiger partial charge in [-0.1, -0.05) is 146 Å². The third-order valence-electron chi connectivity index (χ3n) is 11.9. The molecule has 1 aliphatic rings. The molecular weight excluding hydrogens is 665 g/mol. The third-order valence-corrected chi connectivity index (χ3v) is 11.9. The zero-order valence-electron chi connectivity index (χ0n) is 30.1. The van der Waals surface area contributed by atoms with E-state index in [1.165, 1.54) is 110 Å². The van der Waals surface area contributed by atoms with Crippen molar-refractivity contribution < 1.29 is 0 Å². The molecule has 0 amide bonds. The van der Waals surface area contributed by atoms with Gasteiger partial charge in [-0.2, -0.15) is 0 Å². The van der Waals surface area contributed by atoms with Crippen LogP contribution in [0.15, 0.2) is 194 Å². The zero-order valence-corrected chi connectivity index (χ0v) is 30.1. The standard InChI is InChI=1S/C53H34N2/c1-2-13-39(14-3-1)54-49-21-8-7-17-46(49)48-32-34(26-29-52(48)54)35-24-28-47-45-16-6-9-22-50(45)55(53(47)33-35)51-23-11-19-43-41(18-10-20-44(43)51)37-25-27-42-38(31-37)30-36-12-4-5-15-40(36)42/h1-29,31-33H,30H2. The molecule has 55 heavy (non-hydrogen) atoms. The minimum absolute atomic E-state index is 0.987. The lowest BCUT2D eigenvalue weighted by atomic mass is 9.94. The van der Waals surface area contributed by atoms with Crippen molar-refractivity contribution in [3.05, 3.63) is 205 Å². The summed E-state index contributed by atoms with van der Waals surface area (Å²) in [5.41, 5.74) is 17.7. The molecule has 2 aromatic heterocycles. The molecule has 2 nitrogen and oxygen atoms in total. The molecule has 2 heterocycles. The molecule has 2 heteroatoms. The summed E-state index contributed by atoms with van der Waals surface area (Å²) in [6, 6.07) is 71.7. The highest BCUT2D eigenvalue weighted by Gasteiger charge is 2.20. The van der Waals surface area contributed by atoms with Crippen LogP contribution in [0.3, 0.4) is 0 Å². The smallest absolute Gasteiger partial charge is 0.0547 e.